The normalized spacial score (nSPS) is 10.9. The molecule has 2 aromatic carbocycles. The zero-order chi connectivity index (χ0) is 20.0. The van der Waals surface area contributed by atoms with Gasteiger partial charge in [0.25, 0.3) is 11.3 Å². The van der Waals surface area contributed by atoms with Crippen LogP contribution in [0.4, 0.5) is 0 Å². The van der Waals surface area contributed by atoms with Crippen LogP contribution >= 0.6 is 22.7 Å². The molecular formula is C20H14ClNO4S2. The van der Waals surface area contributed by atoms with Crippen molar-refractivity contribution in [1.29, 1.82) is 0 Å². The van der Waals surface area contributed by atoms with Crippen molar-refractivity contribution in [3.63, 3.8) is 0 Å². The van der Waals surface area contributed by atoms with Crippen molar-refractivity contribution in [3.8, 4) is 31.6 Å². The van der Waals surface area contributed by atoms with E-state index >= 15 is 0 Å². The third-order valence-corrected chi connectivity index (χ3v) is 5.64. The van der Waals surface area contributed by atoms with E-state index in [1.54, 1.807) is 22.7 Å². The van der Waals surface area contributed by atoms with Crippen LogP contribution in [0.1, 0.15) is 0 Å². The van der Waals surface area contributed by atoms with Crippen molar-refractivity contribution in [3.05, 3.63) is 84.2 Å². The molecule has 4 aromatic rings. The monoisotopic (exact) mass is 431 g/mol. The zero-order valence-electron chi connectivity index (χ0n) is 14.4. The second-order valence-corrected chi connectivity index (χ2v) is 8.23. The van der Waals surface area contributed by atoms with E-state index in [2.05, 4.69) is 72.1 Å². The summed E-state index contributed by atoms with van der Waals surface area (Å²) >= 11 is 3.47. The number of aromatic nitrogens is 1. The fraction of sp³-hybridized carbons (Fsp3) is 0. The molecule has 0 saturated carbocycles. The number of halogens is 1. The van der Waals surface area contributed by atoms with Gasteiger partial charge < -0.3 is 0 Å². The summed E-state index contributed by atoms with van der Waals surface area (Å²) in [6.45, 7) is 0. The van der Waals surface area contributed by atoms with Crippen molar-refractivity contribution in [1.82, 2.24) is 4.98 Å². The Morgan fingerprint density at radius 1 is 0.750 bits per heavy atom. The molecule has 142 valence electrons. The predicted molar refractivity (Wildman–Crippen MR) is 101 cm³/mol. The lowest BCUT2D eigenvalue weighted by Gasteiger charge is -2.17. The van der Waals surface area contributed by atoms with Gasteiger partial charge in [-0.1, -0.05) is 54.6 Å². The van der Waals surface area contributed by atoms with E-state index in [4.69, 9.17) is 23.6 Å². The Kier molecular flexibility index (Phi) is 6.82. The summed E-state index contributed by atoms with van der Waals surface area (Å²) in [7, 11) is -4.94. The summed E-state index contributed by atoms with van der Waals surface area (Å²) in [5, 5.41) is 3.17. The van der Waals surface area contributed by atoms with Gasteiger partial charge in [0.15, 0.2) is 0 Å². The Hall–Kier alpha value is -2.23. The molecule has 0 fully saturated rings. The van der Waals surface area contributed by atoms with Crippen molar-refractivity contribution in [2.75, 3.05) is 0 Å². The summed E-state index contributed by atoms with van der Waals surface area (Å²) in [6, 6.07) is 27.3. The first-order valence-electron chi connectivity index (χ1n) is 8.02. The second kappa shape index (κ2) is 9.31. The van der Waals surface area contributed by atoms with Crippen molar-refractivity contribution >= 4 is 22.7 Å². The molecule has 2 heterocycles. The van der Waals surface area contributed by atoms with Crippen molar-refractivity contribution in [2.45, 2.75) is 0 Å². The van der Waals surface area contributed by atoms with Crippen LogP contribution in [0.15, 0.2) is 84.2 Å². The fourth-order valence-corrected chi connectivity index (χ4v) is 4.25. The zero-order valence-corrected chi connectivity index (χ0v) is 16.7. The Balaban J connectivity index is 0.000000403. The molecule has 0 amide bonds. The molecule has 5 nitrogen and oxygen atoms in total. The van der Waals surface area contributed by atoms with Gasteiger partial charge in [0, 0.05) is 17.2 Å². The topological polar surface area (TPSA) is 105 Å². The van der Waals surface area contributed by atoms with E-state index in [-0.39, 0.29) is 0 Å². The first-order valence-corrected chi connectivity index (χ1v) is 10.9. The largest absolute Gasteiger partial charge is 0.341 e. The van der Waals surface area contributed by atoms with E-state index in [9.17, 15) is 0 Å². The summed E-state index contributed by atoms with van der Waals surface area (Å²) in [4.78, 5) is 7.35. The van der Waals surface area contributed by atoms with Gasteiger partial charge in [-0.15, -0.1) is 21.6 Å². The molecule has 0 saturated heterocycles. The van der Waals surface area contributed by atoms with Crippen molar-refractivity contribution < 1.29 is 28.9 Å². The highest BCUT2D eigenvalue weighted by molar-refractivity contribution is 7.22. The van der Waals surface area contributed by atoms with Crippen LogP contribution in [0.2, 0.25) is 0 Å². The maximum atomic E-state index is 8.49. The highest BCUT2D eigenvalue weighted by Gasteiger charge is 2.21. The van der Waals surface area contributed by atoms with E-state index in [0.29, 0.717) is 0 Å². The summed E-state index contributed by atoms with van der Waals surface area (Å²) in [5.41, 5.74) is 3.40. The van der Waals surface area contributed by atoms with Gasteiger partial charge in [0.05, 0.1) is 5.69 Å². The molecule has 0 bridgehead atoms. The number of thiophene rings is 1. The number of rotatable bonds is 3. The number of hydrogen-bond acceptors (Lipinski definition) is 6. The molecule has 28 heavy (non-hydrogen) atoms. The lowest BCUT2D eigenvalue weighted by atomic mass is 10.1. The summed E-state index contributed by atoms with van der Waals surface area (Å²) in [5.74, 6) is 0. The Labute approximate surface area is 172 Å². The Morgan fingerprint density at radius 2 is 1.32 bits per heavy atom. The van der Waals surface area contributed by atoms with E-state index in [1.807, 2.05) is 12.1 Å². The summed E-state index contributed by atoms with van der Waals surface area (Å²) < 4.78 is 34.0. The van der Waals surface area contributed by atoms with Crippen molar-refractivity contribution in [2.24, 2.45) is 0 Å². The maximum absolute atomic E-state index is 8.49. The average molecular weight is 432 g/mol. The van der Waals surface area contributed by atoms with E-state index in [1.165, 1.54) is 15.3 Å². The highest BCUT2D eigenvalue weighted by Crippen LogP contribution is 2.36. The molecule has 0 N–H and O–H groups in total. The van der Waals surface area contributed by atoms with Crippen LogP contribution in [0, 0.1) is 10.2 Å². The second-order valence-electron chi connectivity index (χ2n) is 5.50. The molecule has 0 atom stereocenters. The molecule has 0 spiro atoms. The Bertz CT molecular complexity index is 944. The van der Waals surface area contributed by atoms with Gasteiger partial charge in [-0.05, 0) is 23.6 Å². The number of nitrogens with zero attached hydrogens (tertiary/aromatic N) is 1. The van der Waals surface area contributed by atoms with Gasteiger partial charge >= 0.3 is 5.01 Å². The minimum atomic E-state index is -4.94. The molecule has 4 rings (SSSR count). The SMILES string of the molecule is [O-][Cl+3]([O-])([O-])[O-].c1ccc(-c2cc(-c3ccccc3)[s+]c(-c3cccs3)n2)cc1. The van der Waals surface area contributed by atoms with Crippen LogP contribution < -0.4 is 18.6 Å². The molecule has 0 aliphatic rings. The Morgan fingerprint density at radius 3 is 1.86 bits per heavy atom. The predicted octanol–water partition coefficient (Wildman–Crippen LogP) is 1.73. The van der Waals surface area contributed by atoms with Gasteiger partial charge in [0.2, 0.25) is 4.88 Å². The lowest BCUT2D eigenvalue weighted by molar-refractivity contribution is -2.00. The molecule has 0 aliphatic heterocycles. The molecule has 0 radical (unpaired) electrons. The van der Waals surface area contributed by atoms with Gasteiger partial charge in [0.1, 0.15) is 4.88 Å². The fourth-order valence-electron chi connectivity index (χ4n) is 2.43. The van der Waals surface area contributed by atoms with Gasteiger partial charge in [-0.2, -0.15) is 4.98 Å². The van der Waals surface area contributed by atoms with Crippen LogP contribution in [0.25, 0.3) is 31.6 Å². The van der Waals surface area contributed by atoms with E-state index in [0.717, 1.165) is 16.3 Å². The smallest absolute Gasteiger partial charge is 0.222 e. The maximum Gasteiger partial charge on any atom is 0.341 e. The van der Waals surface area contributed by atoms with Crippen LogP contribution in [0.3, 0.4) is 0 Å². The summed E-state index contributed by atoms with van der Waals surface area (Å²) in [6.07, 6.45) is 0. The number of hydrogen-bond donors (Lipinski definition) is 0. The van der Waals surface area contributed by atoms with Gasteiger partial charge in [-0.3, -0.25) is 0 Å². The van der Waals surface area contributed by atoms with Crippen LogP contribution in [0.5, 0.6) is 0 Å². The highest BCUT2D eigenvalue weighted by atomic mass is 35.7. The third kappa shape index (κ3) is 6.15. The molecule has 0 aliphatic carbocycles. The molecular weight excluding hydrogens is 418 g/mol. The first kappa shape index (κ1) is 20.5. The lowest BCUT2D eigenvalue weighted by Crippen LogP contribution is -2.68. The number of benzene rings is 2. The molecule has 0 unspecified atom stereocenters. The first-order chi connectivity index (χ1) is 13.4. The van der Waals surface area contributed by atoms with Crippen LogP contribution in [-0.2, 0) is 0 Å². The average Bonchev–Trinajstić information content (AvgIpc) is 3.23. The molecule has 8 heteroatoms. The quantitative estimate of drug-likeness (QED) is 0.459. The minimum Gasteiger partial charge on any atom is -0.222 e. The molecule has 2 aromatic heterocycles. The minimum absolute atomic E-state index is 1.02. The van der Waals surface area contributed by atoms with Gasteiger partial charge in [-0.25, -0.2) is 18.6 Å². The van der Waals surface area contributed by atoms with Crippen LogP contribution in [-0.4, -0.2) is 4.98 Å². The third-order valence-electron chi connectivity index (χ3n) is 3.56. The standard InChI is InChI=1S/C20H14NS2.ClHO4/c1-3-8-15(9-4-1)17-14-19(16-10-5-2-6-11-16)23-20(21-17)18-12-7-13-22-18;2-1(3,4)5/h1-14H;(H,2,3,4,5)/q+1;/p-1. The van der Waals surface area contributed by atoms with E-state index < -0.39 is 10.2 Å².